The molecule has 0 aliphatic rings. The van der Waals surface area contributed by atoms with Crippen LogP contribution in [0.15, 0.2) is 12.1 Å². The zero-order chi connectivity index (χ0) is 13.7. The maximum atomic E-state index is 10.8. The van der Waals surface area contributed by atoms with Crippen LogP contribution in [0.2, 0.25) is 5.15 Å². The summed E-state index contributed by atoms with van der Waals surface area (Å²) in [4.78, 5) is 16.4. The number of pyridine rings is 1. The molecule has 1 atom stereocenters. The SMILES string of the molecule is CCC(CSC)N(C)c1cc([N+](=O)[O-])cc(Cl)n1. The first-order valence-corrected chi connectivity index (χ1v) is 7.30. The quantitative estimate of drug-likeness (QED) is 0.457. The molecular formula is C11H16ClN3O2S. The Morgan fingerprint density at radius 3 is 2.78 bits per heavy atom. The Morgan fingerprint density at radius 1 is 1.61 bits per heavy atom. The van der Waals surface area contributed by atoms with E-state index in [1.165, 1.54) is 12.1 Å². The zero-order valence-electron chi connectivity index (χ0n) is 10.6. The third-order valence-corrected chi connectivity index (χ3v) is 3.63. The van der Waals surface area contributed by atoms with Crippen molar-refractivity contribution in [3.63, 3.8) is 0 Å². The van der Waals surface area contributed by atoms with E-state index in [-0.39, 0.29) is 16.9 Å². The molecule has 0 aliphatic heterocycles. The molecule has 1 rings (SSSR count). The molecule has 100 valence electrons. The minimum absolute atomic E-state index is 0.0316. The first kappa shape index (κ1) is 15.0. The second-order valence-electron chi connectivity index (χ2n) is 3.89. The van der Waals surface area contributed by atoms with Gasteiger partial charge in [0.2, 0.25) is 0 Å². The highest BCUT2D eigenvalue weighted by atomic mass is 35.5. The Hall–Kier alpha value is -1.01. The van der Waals surface area contributed by atoms with Crippen molar-refractivity contribution in [3.05, 3.63) is 27.4 Å². The predicted octanol–water partition coefficient (Wildman–Crippen LogP) is 3.22. The van der Waals surface area contributed by atoms with Crippen molar-refractivity contribution in [3.8, 4) is 0 Å². The molecule has 0 N–H and O–H groups in total. The van der Waals surface area contributed by atoms with Crippen LogP contribution in [0, 0.1) is 10.1 Å². The van der Waals surface area contributed by atoms with Gasteiger partial charge in [0, 0.05) is 18.8 Å². The van der Waals surface area contributed by atoms with Gasteiger partial charge in [-0.3, -0.25) is 10.1 Å². The van der Waals surface area contributed by atoms with E-state index in [4.69, 9.17) is 11.6 Å². The van der Waals surface area contributed by atoms with Crippen molar-refractivity contribution in [2.75, 3.05) is 24.0 Å². The topological polar surface area (TPSA) is 59.3 Å². The molecule has 5 nitrogen and oxygen atoms in total. The van der Waals surface area contributed by atoms with Gasteiger partial charge in [-0.2, -0.15) is 11.8 Å². The molecule has 0 radical (unpaired) electrons. The summed E-state index contributed by atoms with van der Waals surface area (Å²) in [7, 11) is 1.88. The van der Waals surface area contributed by atoms with Crippen LogP contribution < -0.4 is 4.90 Å². The predicted molar refractivity (Wildman–Crippen MR) is 76.8 cm³/mol. The van der Waals surface area contributed by atoms with Crippen molar-refractivity contribution < 1.29 is 4.92 Å². The summed E-state index contributed by atoms with van der Waals surface area (Å²) in [5.74, 6) is 1.48. The molecule has 0 amide bonds. The molecule has 0 aliphatic carbocycles. The fourth-order valence-electron chi connectivity index (χ4n) is 1.64. The van der Waals surface area contributed by atoms with E-state index in [0.717, 1.165) is 12.2 Å². The number of aromatic nitrogens is 1. The summed E-state index contributed by atoms with van der Waals surface area (Å²) in [5, 5.41) is 10.9. The molecule has 0 saturated heterocycles. The van der Waals surface area contributed by atoms with Gasteiger partial charge in [0.25, 0.3) is 5.69 Å². The number of hydrogen-bond donors (Lipinski definition) is 0. The number of hydrogen-bond acceptors (Lipinski definition) is 5. The largest absolute Gasteiger partial charge is 0.356 e. The van der Waals surface area contributed by atoms with Crippen molar-refractivity contribution in [1.82, 2.24) is 4.98 Å². The lowest BCUT2D eigenvalue weighted by Crippen LogP contribution is -2.33. The third-order valence-electron chi connectivity index (χ3n) is 2.72. The summed E-state index contributed by atoms with van der Waals surface area (Å²) in [5.41, 5.74) is -0.0316. The van der Waals surface area contributed by atoms with Crippen LogP contribution in [0.25, 0.3) is 0 Å². The van der Waals surface area contributed by atoms with Crippen LogP contribution in [-0.4, -0.2) is 35.0 Å². The Morgan fingerprint density at radius 2 is 2.28 bits per heavy atom. The molecule has 7 heteroatoms. The van der Waals surface area contributed by atoms with Gasteiger partial charge in [0.1, 0.15) is 11.0 Å². The fourth-order valence-corrected chi connectivity index (χ4v) is 2.68. The molecule has 1 heterocycles. The van der Waals surface area contributed by atoms with Gasteiger partial charge in [0.15, 0.2) is 0 Å². The lowest BCUT2D eigenvalue weighted by molar-refractivity contribution is -0.384. The highest BCUT2D eigenvalue weighted by molar-refractivity contribution is 7.98. The van der Waals surface area contributed by atoms with Gasteiger partial charge in [-0.1, -0.05) is 18.5 Å². The van der Waals surface area contributed by atoms with E-state index in [0.29, 0.717) is 5.82 Å². The van der Waals surface area contributed by atoms with Crippen LogP contribution in [0.4, 0.5) is 11.5 Å². The summed E-state index contributed by atoms with van der Waals surface area (Å²) in [6, 6.07) is 2.99. The average molecular weight is 290 g/mol. The Kier molecular flexibility index (Phi) is 5.68. The van der Waals surface area contributed by atoms with E-state index in [1.807, 2.05) is 18.2 Å². The zero-order valence-corrected chi connectivity index (χ0v) is 12.2. The molecule has 1 unspecified atom stereocenters. The normalized spacial score (nSPS) is 12.2. The molecule has 0 bridgehead atoms. The smallest absolute Gasteiger partial charge is 0.276 e. The van der Waals surface area contributed by atoms with E-state index >= 15 is 0 Å². The Balaban J connectivity index is 3.04. The Labute approximate surface area is 116 Å². The van der Waals surface area contributed by atoms with Gasteiger partial charge < -0.3 is 4.90 Å². The van der Waals surface area contributed by atoms with Crippen molar-refractivity contribution >= 4 is 34.9 Å². The molecular weight excluding hydrogens is 274 g/mol. The summed E-state index contributed by atoms with van der Waals surface area (Å²) >= 11 is 7.55. The molecule has 0 spiro atoms. The number of anilines is 1. The van der Waals surface area contributed by atoms with Gasteiger partial charge in [-0.25, -0.2) is 4.98 Å². The highest BCUT2D eigenvalue weighted by Crippen LogP contribution is 2.24. The minimum atomic E-state index is -0.458. The maximum Gasteiger partial charge on any atom is 0.276 e. The van der Waals surface area contributed by atoms with Crippen molar-refractivity contribution in [2.45, 2.75) is 19.4 Å². The monoisotopic (exact) mass is 289 g/mol. The van der Waals surface area contributed by atoms with E-state index in [2.05, 4.69) is 11.9 Å². The lowest BCUT2D eigenvalue weighted by atomic mass is 10.2. The van der Waals surface area contributed by atoms with Gasteiger partial charge in [-0.15, -0.1) is 0 Å². The number of nitrogens with zero attached hydrogens (tertiary/aromatic N) is 3. The van der Waals surface area contributed by atoms with Crippen LogP contribution >= 0.6 is 23.4 Å². The van der Waals surface area contributed by atoms with Crippen molar-refractivity contribution in [1.29, 1.82) is 0 Å². The number of rotatable bonds is 6. The highest BCUT2D eigenvalue weighted by Gasteiger charge is 2.18. The second-order valence-corrected chi connectivity index (χ2v) is 5.19. The van der Waals surface area contributed by atoms with Gasteiger partial charge in [0.05, 0.1) is 17.1 Å². The maximum absolute atomic E-state index is 10.8. The Bertz CT molecular complexity index is 431. The standard InChI is InChI=1S/C11H16ClN3O2S/c1-4-8(7-18-3)14(2)11-6-9(15(16)17)5-10(12)13-11/h5-6,8H,4,7H2,1-3H3. The van der Waals surface area contributed by atoms with Crippen molar-refractivity contribution in [2.24, 2.45) is 0 Å². The van der Waals surface area contributed by atoms with Gasteiger partial charge >= 0.3 is 0 Å². The molecule has 0 saturated carbocycles. The van der Waals surface area contributed by atoms with E-state index < -0.39 is 4.92 Å². The first-order valence-electron chi connectivity index (χ1n) is 5.53. The molecule has 0 aromatic carbocycles. The number of halogens is 1. The van der Waals surface area contributed by atoms with Gasteiger partial charge in [-0.05, 0) is 12.7 Å². The van der Waals surface area contributed by atoms with E-state index in [1.54, 1.807) is 11.8 Å². The summed E-state index contributed by atoms with van der Waals surface area (Å²) in [6.45, 7) is 2.08. The summed E-state index contributed by atoms with van der Waals surface area (Å²) < 4.78 is 0. The van der Waals surface area contributed by atoms with Crippen LogP contribution in [0.1, 0.15) is 13.3 Å². The van der Waals surface area contributed by atoms with Crippen LogP contribution in [0.3, 0.4) is 0 Å². The minimum Gasteiger partial charge on any atom is -0.356 e. The fraction of sp³-hybridized carbons (Fsp3) is 0.545. The molecule has 18 heavy (non-hydrogen) atoms. The van der Waals surface area contributed by atoms with Crippen LogP contribution in [-0.2, 0) is 0 Å². The third kappa shape index (κ3) is 3.74. The van der Waals surface area contributed by atoms with Crippen LogP contribution in [0.5, 0.6) is 0 Å². The summed E-state index contributed by atoms with van der Waals surface area (Å²) in [6.07, 6.45) is 2.98. The first-order chi connectivity index (χ1) is 8.49. The average Bonchev–Trinajstić information content (AvgIpc) is 2.34. The second kappa shape index (κ2) is 6.80. The molecule has 0 fully saturated rings. The number of thioether (sulfide) groups is 1. The number of nitro groups is 1. The lowest BCUT2D eigenvalue weighted by Gasteiger charge is -2.27. The molecule has 1 aromatic rings. The molecule has 1 aromatic heterocycles. The van der Waals surface area contributed by atoms with E-state index in [9.17, 15) is 10.1 Å².